The summed E-state index contributed by atoms with van der Waals surface area (Å²) in [5.41, 5.74) is 6.81. The second kappa shape index (κ2) is 2.09. The maximum absolute atomic E-state index is 2.48. The van der Waals surface area contributed by atoms with Crippen LogP contribution < -0.4 is 0 Å². The lowest BCUT2D eigenvalue weighted by molar-refractivity contribution is 0.784. The second-order valence-electron chi connectivity index (χ2n) is 5.47. The molecule has 0 saturated carbocycles. The van der Waals surface area contributed by atoms with Crippen LogP contribution in [0.5, 0.6) is 0 Å². The predicted molar refractivity (Wildman–Crippen MR) is 59.3 cm³/mol. The summed E-state index contributed by atoms with van der Waals surface area (Å²) < 4.78 is 0. The van der Waals surface area contributed by atoms with Gasteiger partial charge in [0, 0.05) is 0 Å². The smallest absolute Gasteiger partial charge is 0.0656 e. The fourth-order valence-electron chi connectivity index (χ4n) is 2.65. The van der Waals surface area contributed by atoms with Crippen molar-refractivity contribution in [3.05, 3.63) is 33.6 Å². The van der Waals surface area contributed by atoms with E-state index in [4.69, 9.17) is 0 Å². The zero-order valence-electron chi connectivity index (χ0n) is 8.70. The number of hydrogen-bond acceptors (Lipinski definition) is 0. The van der Waals surface area contributed by atoms with Crippen LogP contribution in [-0.4, -0.2) is 8.07 Å². The van der Waals surface area contributed by atoms with Gasteiger partial charge in [-0.15, -0.1) is 0 Å². The quantitative estimate of drug-likeness (QED) is 0.552. The molecule has 0 heterocycles. The van der Waals surface area contributed by atoms with Crippen molar-refractivity contribution in [2.45, 2.75) is 38.9 Å². The molecule has 0 spiro atoms. The van der Waals surface area contributed by atoms with Crippen LogP contribution in [0.4, 0.5) is 0 Å². The normalized spacial score (nSPS) is 25.0. The topological polar surface area (TPSA) is 0 Å². The van der Waals surface area contributed by atoms with Gasteiger partial charge in [0.25, 0.3) is 0 Å². The summed E-state index contributed by atoms with van der Waals surface area (Å²) in [5, 5.41) is 1.79. The molecule has 0 nitrogen and oxygen atoms in total. The minimum atomic E-state index is -0.998. The van der Waals surface area contributed by atoms with Crippen LogP contribution in [0.2, 0.25) is 19.6 Å². The summed E-state index contributed by atoms with van der Waals surface area (Å²) in [6.45, 7) is 7.39. The van der Waals surface area contributed by atoms with E-state index in [9.17, 15) is 0 Å². The average molecular weight is 188 g/mol. The van der Waals surface area contributed by atoms with Gasteiger partial charge >= 0.3 is 0 Å². The molecule has 0 radical (unpaired) electrons. The lowest BCUT2D eigenvalue weighted by atomic mass is 9.82. The Morgan fingerprint density at radius 1 is 1.15 bits per heavy atom. The summed E-state index contributed by atoms with van der Waals surface area (Å²) >= 11 is 0. The molecular formula is C12H16Si. The van der Waals surface area contributed by atoms with Gasteiger partial charge in [-0.05, 0) is 41.2 Å². The molecule has 0 amide bonds. The Bertz CT molecular complexity index is 386. The van der Waals surface area contributed by atoms with Crippen LogP contribution >= 0.6 is 0 Å². The van der Waals surface area contributed by atoms with Crippen LogP contribution in [0.15, 0.2) is 33.6 Å². The Kier molecular flexibility index (Phi) is 1.25. The number of rotatable bonds is 1. The zero-order chi connectivity index (χ0) is 9.22. The first-order valence-electron chi connectivity index (χ1n) is 5.24. The molecule has 0 fully saturated rings. The molecule has 0 bridgehead atoms. The standard InChI is InChI=1S/C12H16Si/c1-13(2,3)12-10-6-8-4-5-9(8)7-11(10)12/h6H,4-5,7H2,1-3H3. The van der Waals surface area contributed by atoms with Crippen molar-refractivity contribution in [2.24, 2.45) is 0 Å². The first-order valence-corrected chi connectivity index (χ1v) is 8.74. The summed E-state index contributed by atoms with van der Waals surface area (Å²) in [5.74, 6) is 0. The highest BCUT2D eigenvalue weighted by Crippen LogP contribution is 2.54. The third-order valence-electron chi connectivity index (χ3n) is 3.44. The van der Waals surface area contributed by atoms with Gasteiger partial charge in [-0.1, -0.05) is 31.3 Å². The Hall–Kier alpha value is -0.563. The molecule has 0 aliphatic heterocycles. The highest BCUT2D eigenvalue weighted by Gasteiger charge is 2.41. The number of fused-ring (bicyclic) bond motifs is 1. The molecule has 1 heteroatoms. The van der Waals surface area contributed by atoms with E-state index in [0.717, 1.165) is 0 Å². The van der Waals surface area contributed by atoms with Crippen molar-refractivity contribution in [1.29, 1.82) is 0 Å². The van der Waals surface area contributed by atoms with E-state index >= 15 is 0 Å². The highest BCUT2D eigenvalue weighted by atomic mass is 28.3. The van der Waals surface area contributed by atoms with Gasteiger partial charge in [-0.2, -0.15) is 0 Å². The van der Waals surface area contributed by atoms with Gasteiger partial charge in [0.1, 0.15) is 0 Å². The van der Waals surface area contributed by atoms with Crippen molar-refractivity contribution in [1.82, 2.24) is 0 Å². The monoisotopic (exact) mass is 188 g/mol. The van der Waals surface area contributed by atoms with Crippen molar-refractivity contribution in [3.63, 3.8) is 0 Å². The van der Waals surface area contributed by atoms with E-state index in [2.05, 4.69) is 25.7 Å². The van der Waals surface area contributed by atoms with Crippen LogP contribution in [0.25, 0.3) is 0 Å². The number of hydrogen-bond donors (Lipinski definition) is 0. The van der Waals surface area contributed by atoms with E-state index in [1.807, 2.05) is 0 Å². The van der Waals surface area contributed by atoms with Gasteiger partial charge in [-0.3, -0.25) is 0 Å². The lowest BCUT2D eigenvalue weighted by Gasteiger charge is -2.23. The van der Waals surface area contributed by atoms with Crippen molar-refractivity contribution < 1.29 is 0 Å². The van der Waals surface area contributed by atoms with Crippen molar-refractivity contribution in [2.75, 3.05) is 0 Å². The SMILES string of the molecule is C[Si](C)(C)C1=C2CC3=C(C=C21)CC3. The molecule has 0 atom stereocenters. The molecule has 0 aromatic rings. The molecule has 0 aromatic carbocycles. The summed E-state index contributed by atoms with van der Waals surface area (Å²) in [6, 6.07) is 0. The molecule has 3 aliphatic carbocycles. The molecule has 13 heavy (non-hydrogen) atoms. The molecule has 0 aromatic heterocycles. The zero-order valence-corrected chi connectivity index (χ0v) is 9.70. The van der Waals surface area contributed by atoms with Crippen molar-refractivity contribution in [3.8, 4) is 0 Å². The Morgan fingerprint density at radius 2 is 1.92 bits per heavy atom. The minimum Gasteiger partial charge on any atom is -0.0656 e. The molecule has 0 unspecified atom stereocenters. The molecule has 3 aliphatic rings. The number of allylic oxidation sites excluding steroid dienone is 6. The third-order valence-corrected chi connectivity index (χ3v) is 5.51. The van der Waals surface area contributed by atoms with E-state index in [1.54, 1.807) is 27.5 Å². The lowest BCUT2D eigenvalue weighted by Crippen LogP contribution is -2.18. The molecule has 68 valence electrons. The fourth-order valence-corrected chi connectivity index (χ4v) is 4.75. The highest BCUT2D eigenvalue weighted by molar-refractivity contribution is 6.85. The van der Waals surface area contributed by atoms with E-state index in [-0.39, 0.29) is 0 Å². The fraction of sp³-hybridized carbons (Fsp3) is 0.500. The largest absolute Gasteiger partial charge is 0.0788 e. The predicted octanol–water partition coefficient (Wildman–Crippen LogP) is 3.59. The van der Waals surface area contributed by atoms with Crippen LogP contribution in [0.3, 0.4) is 0 Å². The first kappa shape index (κ1) is 7.81. The van der Waals surface area contributed by atoms with Gasteiger partial charge < -0.3 is 0 Å². The van der Waals surface area contributed by atoms with Gasteiger partial charge in [-0.25, -0.2) is 0 Å². The molecule has 0 N–H and O–H groups in total. The van der Waals surface area contributed by atoms with Crippen LogP contribution in [0, 0.1) is 0 Å². The average Bonchev–Trinajstić information content (AvgIpc) is 2.65. The van der Waals surface area contributed by atoms with E-state index in [1.165, 1.54) is 19.3 Å². The Labute approximate surface area is 81.0 Å². The van der Waals surface area contributed by atoms with Gasteiger partial charge in [0.05, 0.1) is 8.07 Å². The van der Waals surface area contributed by atoms with Gasteiger partial charge in [0.2, 0.25) is 0 Å². The molecule has 0 saturated heterocycles. The minimum absolute atomic E-state index is 0.998. The Balaban J connectivity index is 1.97. The second-order valence-corrected chi connectivity index (χ2v) is 10.5. The maximum Gasteiger partial charge on any atom is 0.0788 e. The van der Waals surface area contributed by atoms with Gasteiger partial charge in [0.15, 0.2) is 0 Å². The van der Waals surface area contributed by atoms with Crippen LogP contribution in [-0.2, 0) is 0 Å². The third kappa shape index (κ3) is 0.968. The van der Waals surface area contributed by atoms with E-state index in [0.29, 0.717) is 0 Å². The first-order chi connectivity index (χ1) is 6.07. The summed E-state index contributed by atoms with van der Waals surface area (Å²) in [4.78, 5) is 0. The van der Waals surface area contributed by atoms with Crippen LogP contribution in [0.1, 0.15) is 19.3 Å². The molecular weight excluding hydrogens is 172 g/mol. The maximum atomic E-state index is 2.48. The molecule has 3 rings (SSSR count). The summed E-state index contributed by atoms with van der Waals surface area (Å²) in [7, 11) is -0.998. The van der Waals surface area contributed by atoms with E-state index < -0.39 is 8.07 Å². The summed E-state index contributed by atoms with van der Waals surface area (Å²) in [6.07, 6.45) is 6.53. The van der Waals surface area contributed by atoms with Crippen molar-refractivity contribution >= 4 is 8.07 Å². The Morgan fingerprint density at radius 3 is 2.38 bits per heavy atom.